The van der Waals surface area contributed by atoms with Crippen LogP contribution >= 0.6 is 0 Å². The highest BCUT2D eigenvalue weighted by Crippen LogP contribution is 2.06. The lowest BCUT2D eigenvalue weighted by molar-refractivity contribution is -0.515. The van der Waals surface area contributed by atoms with E-state index in [0.29, 0.717) is 0 Å². The number of urea groups is 1. The molecule has 2 atom stereocenters. The number of nitrogens with two attached hydrogens (primary N) is 1. The van der Waals surface area contributed by atoms with Crippen molar-refractivity contribution < 1.29 is 14.5 Å². The molecule has 0 aromatic carbocycles. The predicted molar refractivity (Wildman–Crippen MR) is 40.1 cm³/mol. The Morgan fingerprint density at radius 3 is 2.62 bits per heavy atom. The molecule has 0 radical (unpaired) electrons. The van der Waals surface area contributed by atoms with Crippen LogP contribution in [0.5, 0.6) is 0 Å². The maximum Gasteiger partial charge on any atom is 0.325 e. The Kier molecular flexibility index (Phi) is 2.15. The first-order valence-corrected chi connectivity index (χ1v) is 3.42. The van der Waals surface area contributed by atoms with E-state index in [1.807, 2.05) is 5.32 Å². The molecule has 3 amide bonds. The van der Waals surface area contributed by atoms with Gasteiger partial charge in [0, 0.05) is 12.0 Å². The van der Waals surface area contributed by atoms with E-state index in [-0.39, 0.29) is 0 Å². The van der Waals surface area contributed by atoms with E-state index in [1.54, 1.807) is 0 Å². The Hall–Kier alpha value is -1.70. The lowest BCUT2D eigenvalue weighted by atomic mass is 10.2. The number of nitro groups is 1. The van der Waals surface area contributed by atoms with E-state index in [1.165, 1.54) is 7.05 Å². The van der Waals surface area contributed by atoms with Crippen LogP contribution in [0.25, 0.3) is 0 Å². The van der Waals surface area contributed by atoms with Gasteiger partial charge in [-0.25, -0.2) is 4.79 Å². The molecule has 1 aliphatic heterocycles. The first-order chi connectivity index (χ1) is 5.95. The number of hydrogen-bond acceptors (Lipinski definition) is 5. The van der Waals surface area contributed by atoms with Crippen LogP contribution in [0.2, 0.25) is 0 Å². The summed E-state index contributed by atoms with van der Waals surface area (Å²) in [5.41, 5.74) is 5.31. The molecular formula is C5H8N4O4. The molecule has 0 bridgehead atoms. The fraction of sp³-hybridized carbons (Fsp3) is 0.600. The number of nitrogens with one attached hydrogen (secondary N) is 1. The third kappa shape index (κ3) is 1.43. The predicted octanol–water partition coefficient (Wildman–Crippen LogP) is -1.90. The number of likely N-dealkylation sites (N-methyl/N-ethyl adjacent to an activating group) is 1. The van der Waals surface area contributed by atoms with Gasteiger partial charge in [0.05, 0.1) is 0 Å². The summed E-state index contributed by atoms with van der Waals surface area (Å²) in [6.07, 6.45) is -1.21. The second-order valence-corrected chi connectivity index (χ2v) is 2.63. The number of rotatable bonds is 1. The number of carbonyl (C=O) groups is 2. The largest absolute Gasteiger partial charge is 0.325 e. The molecule has 0 aromatic rings. The quantitative estimate of drug-likeness (QED) is 0.368. The summed E-state index contributed by atoms with van der Waals surface area (Å²) < 4.78 is 0. The first kappa shape index (κ1) is 9.39. The molecule has 1 rings (SSSR count). The normalized spacial score (nSPS) is 28.6. The fourth-order valence-corrected chi connectivity index (χ4v) is 0.990. The zero-order chi connectivity index (χ0) is 10.2. The Bertz CT molecular complexity index is 278. The molecule has 0 aliphatic carbocycles. The van der Waals surface area contributed by atoms with E-state index in [9.17, 15) is 19.7 Å². The Morgan fingerprint density at radius 1 is 1.62 bits per heavy atom. The molecule has 0 aromatic heterocycles. The van der Waals surface area contributed by atoms with E-state index < -0.39 is 29.1 Å². The molecule has 0 spiro atoms. The highest BCUT2D eigenvalue weighted by molar-refractivity contribution is 5.99. The van der Waals surface area contributed by atoms with Gasteiger partial charge in [0.15, 0.2) is 6.17 Å². The molecule has 1 aliphatic rings. The molecule has 2 unspecified atom stereocenters. The first-order valence-electron chi connectivity index (χ1n) is 3.42. The van der Waals surface area contributed by atoms with Crippen molar-refractivity contribution in [3.8, 4) is 0 Å². The highest BCUT2D eigenvalue weighted by Gasteiger charge is 2.45. The number of imide groups is 1. The van der Waals surface area contributed by atoms with Crippen molar-refractivity contribution in [2.45, 2.75) is 12.2 Å². The molecule has 72 valence electrons. The minimum atomic E-state index is -1.59. The number of amides is 3. The highest BCUT2D eigenvalue weighted by atomic mass is 16.6. The second kappa shape index (κ2) is 2.98. The maximum absolute atomic E-state index is 10.9. The van der Waals surface area contributed by atoms with Gasteiger partial charge in [0.2, 0.25) is 0 Å². The minimum Gasteiger partial charge on any atom is -0.305 e. The van der Waals surface area contributed by atoms with Crippen molar-refractivity contribution in [1.29, 1.82) is 0 Å². The van der Waals surface area contributed by atoms with Crippen molar-refractivity contribution in [2.24, 2.45) is 5.73 Å². The third-order valence-electron chi connectivity index (χ3n) is 1.82. The molecular weight excluding hydrogens is 180 g/mol. The van der Waals surface area contributed by atoms with Gasteiger partial charge in [-0.2, -0.15) is 0 Å². The van der Waals surface area contributed by atoms with Crippen LogP contribution in [-0.4, -0.2) is 41.0 Å². The molecule has 0 saturated carbocycles. The van der Waals surface area contributed by atoms with Crippen molar-refractivity contribution >= 4 is 11.9 Å². The summed E-state index contributed by atoms with van der Waals surface area (Å²) in [6, 6.07) is -2.32. The summed E-state index contributed by atoms with van der Waals surface area (Å²) in [5.74, 6) is -0.972. The van der Waals surface area contributed by atoms with Crippen LogP contribution in [-0.2, 0) is 4.79 Å². The van der Waals surface area contributed by atoms with Crippen LogP contribution in [0.4, 0.5) is 4.79 Å². The molecule has 8 heteroatoms. The zero-order valence-electron chi connectivity index (χ0n) is 6.76. The Labute approximate surface area is 72.8 Å². The van der Waals surface area contributed by atoms with E-state index in [2.05, 4.69) is 0 Å². The van der Waals surface area contributed by atoms with Gasteiger partial charge >= 0.3 is 18.0 Å². The van der Waals surface area contributed by atoms with Gasteiger partial charge in [-0.15, -0.1) is 0 Å². The van der Waals surface area contributed by atoms with Gasteiger partial charge in [-0.05, 0) is 0 Å². The third-order valence-corrected chi connectivity index (χ3v) is 1.82. The standard InChI is InChI=1S/C5H8N4O4/c1-8-3(6)2(9(12)13)4(10)7-5(8)11/h2-3H,6H2,1H3,(H,7,10,11). The fourth-order valence-electron chi connectivity index (χ4n) is 0.990. The summed E-state index contributed by atoms with van der Waals surface area (Å²) in [4.78, 5) is 32.2. The molecule has 1 saturated heterocycles. The summed E-state index contributed by atoms with van der Waals surface area (Å²) in [5, 5.41) is 12.2. The van der Waals surface area contributed by atoms with Crippen LogP contribution in [0.3, 0.4) is 0 Å². The van der Waals surface area contributed by atoms with Gasteiger partial charge < -0.3 is 10.6 Å². The number of hydrogen-bond donors (Lipinski definition) is 2. The lowest BCUT2D eigenvalue weighted by Gasteiger charge is -2.30. The molecule has 3 N–H and O–H groups in total. The Morgan fingerprint density at radius 2 is 2.15 bits per heavy atom. The summed E-state index contributed by atoms with van der Waals surface area (Å²) in [7, 11) is 1.28. The topological polar surface area (TPSA) is 119 Å². The van der Waals surface area contributed by atoms with Gasteiger partial charge in [-0.1, -0.05) is 0 Å². The minimum absolute atomic E-state index is 0.726. The molecule has 13 heavy (non-hydrogen) atoms. The monoisotopic (exact) mass is 188 g/mol. The van der Waals surface area contributed by atoms with Gasteiger partial charge in [0.25, 0.3) is 0 Å². The van der Waals surface area contributed by atoms with Gasteiger partial charge in [0.1, 0.15) is 0 Å². The molecule has 8 nitrogen and oxygen atoms in total. The summed E-state index contributed by atoms with van der Waals surface area (Å²) in [6.45, 7) is 0. The Balaban J connectivity index is 2.92. The van der Waals surface area contributed by atoms with Crippen LogP contribution in [0, 0.1) is 10.1 Å². The van der Waals surface area contributed by atoms with Crippen molar-refractivity contribution in [2.75, 3.05) is 7.05 Å². The van der Waals surface area contributed by atoms with Crippen molar-refractivity contribution in [3.63, 3.8) is 0 Å². The summed E-state index contributed by atoms with van der Waals surface area (Å²) >= 11 is 0. The zero-order valence-corrected chi connectivity index (χ0v) is 6.76. The molecule has 1 fully saturated rings. The average Bonchev–Trinajstić information content (AvgIpc) is 1.99. The second-order valence-electron chi connectivity index (χ2n) is 2.63. The molecule has 1 heterocycles. The van der Waals surface area contributed by atoms with E-state index >= 15 is 0 Å². The van der Waals surface area contributed by atoms with Crippen LogP contribution in [0.1, 0.15) is 0 Å². The number of carbonyl (C=O) groups excluding carboxylic acids is 2. The van der Waals surface area contributed by atoms with Crippen molar-refractivity contribution in [1.82, 2.24) is 10.2 Å². The van der Waals surface area contributed by atoms with Gasteiger partial charge in [-0.3, -0.25) is 20.2 Å². The van der Waals surface area contributed by atoms with Crippen molar-refractivity contribution in [3.05, 3.63) is 10.1 Å². The smallest absolute Gasteiger partial charge is 0.305 e. The van der Waals surface area contributed by atoms with E-state index in [0.717, 1.165) is 4.90 Å². The number of nitrogens with zero attached hydrogens (tertiary/aromatic N) is 2. The van der Waals surface area contributed by atoms with Crippen LogP contribution < -0.4 is 11.1 Å². The van der Waals surface area contributed by atoms with Crippen LogP contribution in [0.15, 0.2) is 0 Å². The SMILES string of the molecule is CN1C(=O)NC(=O)C([N+](=O)[O-])C1N. The lowest BCUT2D eigenvalue weighted by Crippen LogP contribution is -2.67. The average molecular weight is 188 g/mol. The van der Waals surface area contributed by atoms with E-state index in [4.69, 9.17) is 5.73 Å². The maximum atomic E-state index is 10.9.